The first-order valence-electron chi connectivity index (χ1n) is 5.21. The Morgan fingerprint density at radius 1 is 1.53 bits per heavy atom. The molecule has 0 unspecified atom stereocenters. The summed E-state index contributed by atoms with van der Waals surface area (Å²) in [6.07, 6.45) is 0. The maximum Gasteiger partial charge on any atom is 0.313 e. The first-order chi connectivity index (χ1) is 9.10. The van der Waals surface area contributed by atoms with Gasteiger partial charge in [0.15, 0.2) is 11.0 Å². The van der Waals surface area contributed by atoms with Gasteiger partial charge < -0.3 is 14.8 Å². The molecule has 2 rings (SSSR count). The van der Waals surface area contributed by atoms with Gasteiger partial charge in [-0.05, 0) is 18.2 Å². The van der Waals surface area contributed by atoms with Crippen LogP contribution in [0.25, 0.3) is 11.4 Å². The van der Waals surface area contributed by atoms with E-state index >= 15 is 0 Å². The number of benzene rings is 1. The van der Waals surface area contributed by atoms with E-state index in [9.17, 15) is 4.79 Å². The van der Waals surface area contributed by atoms with Crippen molar-refractivity contribution in [1.82, 2.24) is 15.2 Å². The van der Waals surface area contributed by atoms with Gasteiger partial charge >= 0.3 is 5.97 Å². The minimum atomic E-state index is -0.900. The molecule has 0 spiro atoms. The van der Waals surface area contributed by atoms with Crippen LogP contribution in [-0.2, 0) is 4.79 Å². The van der Waals surface area contributed by atoms with Crippen LogP contribution in [0.3, 0.4) is 0 Å². The number of halogens is 1. The van der Waals surface area contributed by atoms with E-state index in [0.717, 1.165) is 21.8 Å². The normalized spacial score (nSPS) is 10.4. The second-order valence-corrected chi connectivity index (χ2v) is 5.39. The summed E-state index contributed by atoms with van der Waals surface area (Å²) in [5.41, 5.74) is 0.756. The number of hydrogen-bond donors (Lipinski definition) is 2. The summed E-state index contributed by atoms with van der Waals surface area (Å²) in [6.45, 7) is 0. The molecule has 100 valence electrons. The number of thioether (sulfide) groups is 1. The Bertz CT molecular complexity index is 603. The number of aromatic nitrogens is 3. The molecule has 0 bridgehead atoms. The van der Waals surface area contributed by atoms with E-state index in [0.29, 0.717) is 16.7 Å². The summed E-state index contributed by atoms with van der Waals surface area (Å²) in [7, 11) is 1.57. The Morgan fingerprint density at radius 2 is 2.32 bits per heavy atom. The summed E-state index contributed by atoms with van der Waals surface area (Å²) in [5, 5.41) is 17.0. The van der Waals surface area contributed by atoms with Crippen LogP contribution in [0.2, 0.25) is 0 Å². The molecule has 0 fully saturated rings. The lowest BCUT2D eigenvalue weighted by Crippen LogP contribution is -1.97. The fourth-order valence-electron chi connectivity index (χ4n) is 1.43. The van der Waals surface area contributed by atoms with Crippen molar-refractivity contribution in [2.75, 3.05) is 12.9 Å². The van der Waals surface area contributed by atoms with Gasteiger partial charge in [-0.25, -0.2) is 0 Å². The minimum Gasteiger partial charge on any atom is -0.496 e. The Kier molecular flexibility index (Phi) is 4.43. The Balaban J connectivity index is 2.27. The zero-order valence-corrected chi connectivity index (χ0v) is 12.3. The molecular weight excluding hydrogens is 334 g/mol. The van der Waals surface area contributed by atoms with Crippen molar-refractivity contribution in [3.8, 4) is 17.1 Å². The van der Waals surface area contributed by atoms with Gasteiger partial charge in [-0.2, -0.15) is 0 Å². The zero-order chi connectivity index (χ0) is 13.8. The smallest absolute Gasteiger partial charge is 0.313 e. The third-order valence-corrected chi connectivity index (χ3v) is 3.56. The predicted octanol–water partition coefficient (Wildman–Crippen LogP) is 2.42. The fraction of sp³-hybridized carbons (Fsp3) is 0.182. The molecule has 2 N–H and O–H groups in total. The Morgan fingerprint density at radius 3 is 3.00 bits per heavy atom. The van der Waals surface area contributed by atoms with Gasteiger partial charge in [-0.3, -0.25) is 4.79 Å². The molecule has 0 saturated carbocycles. The average molecular weight is 344 g/mol. The molecule has 2 aromatic rings. The number of carboxylic acid groups (broad SMARTS) is 1. The van der Waals surface area contributed by atoms with Crippen LogP contribution in [0.4, 0.5) is 0 Å². The number of methoxy groups -OCH3 is 1. The highest BCUT2D eigenvalue weighted by atomic mass is 79.9. The van der Waals surface area contributed by atoms with Gasteiger partial charge in [-0.15, -0.1) is 10.2 Å². The van der Waals surface area contributed by atoms with Crippen molar-refractivity contribution in [2.24, 2.45) is 0 Å². The van der Waals surface area contributed by atoms with E-state index in [-0.39, 0.29) is 5.75 Å². The third kappa shape index (κ3) is 3.48. The minimum absolute atomic E-state index is 0.0652. The van der Waals surface area contributed by atoms with Crippen molar-refractivity contribution in [3.63, 3.8) is 0 Å². The fourth-order valence-corrected chi connectivity index (χ4v) is 2.32. The van der Waals surface area contributed by atoms with Crippen LogP contribution in [-0.4, -0.2) is 39.1 Å². The Hall–Kier alpha value is -1.54. The molecular formula is C11H10BrN3O3S. The molecule has 1 aromatic heterocycles. The summed E-state index contributed by atoms with van der Waals surface area (Å²) >= 11 is 4.46. The maximum absolute atomic E-state index is 10.5. The van der Waals surface area contributed by atoms with Gasteiger partial charge in [0.1, 0.15) is 5.75 Å². The van der Waals surface area contributed by atoms with Crippen LogP contribution >= 0.6 is 27.7 Å². The number of nitrogens with one attached hydrogen (secondary N) is 1. The van der Waals surface area contributed by atoms with Gasteiger partial charge in [0.2, 0.25) is 0 Å². The Labute approximate surface area is 121 Å². The van der Waals surface area contributed by atoms with Gasteiger partial charge in [-0.1, -0.05) is 27.7 Å². The third-order valence-electron chi connectivity index (χ3n) is 2.22. The van der Waals surface area contributed by atoms with Crippen LogP contribution in [0.15, 0.2) is 27.8 Å². The van der Waals surface area contributed by atoms with Gasteiger partial charge in [0.05, 0.1) is 18.4 Å². The molecule has 19 heavy (non-hydrogen) atoms. The lowest BCUT2D eigenvalue weighted by Gasteiger charge is -2.05. The second kappa shape index (κ2) is 6.07. The van der Waals surface area contributed by atoms with E-state index in [4.69, 9.17) is 9.84 Å². The van der Waals surface area contributed by atoms with E-state index in [1.54, 1.807) is 7.11 Å². The number of aromatic amines is 1. The van der Waals surface area contributed by atoms with Crippen LogP contribution in [0.5, 0.6) is 5.75 Å². The lowest BCUT2D eigenvalue weighted by atomic mass is 10.2. The average Bonchev–Trinajstić information content (AvgIpc) is 2.85. The number of nitrogens with zero attached hydrogens (tertiary/aromatic N) is 2. The number of carboxylic acids is 1. The highest BCUT2D eigenvalue weighted by Gasteiger charge is 2.12. The van der Waals surface area contributed by atoms with Gasteiger partial charge in [0.25, 0.3) is 0 Å². The molecule has 6 nitrogen and oxygen atoms in total. The lowest BCUT2D eigenvalue weighted by molar-refractivity contribution is -0.133. The molecule has 0 amide bonds. The number of hydrogen-bond acceptors (Lipinski definition) is 5. The standard InChI is InChI=1S/C11H10BrN3O3S/c1-18-8-3-2-6(12)4-7(8)10-13-11(15-14-10)19-5-9(16)17/h2-4H,5H2,1H3,(H,16,17)(H,13,14,15). The number of ether oxygens (including phenoxy) is 1. The van der Waals surface area contributed by atoms with E-state index < -0.39 is 5.97 Å². The zero-order valence-electron chi connectivity index (χ0n) is 9.88. The second-order valence-electron chi connectivity index (χ2n) is 3.51. The molecule has 8 heteroatoms. The largest absolute Gasteiger partial charge is 0.496 e. The van der Waals surface area contributed by atoms with Crippen molar-refractivity contribution in [3.05, 3.63) is 22.7 Å². The maximum atomic E-state index is 10.5. The summed E-state index contributed by atoms with van der Waals surface area (Å²) in [4.78, 5) is 13.4. The first-order valence-corrected chi connectivity index (χ1v) is 6.99. The number of rotatable bonds is 5. The monoisotopic (exact) mass is 343 g/mol. The SMILES string of the molecule is COc1ccc(Br)cc1-c1nnc(SCC(=O)O)[nH]1. The number of carbonyl (C=O) groups is 1. The van der Waals surface area contributed by atoms with E-state index in [2.05, 4.69) is 31.1 Å². The molecule has 1 aromatic carbocycles. The van der Waals surface area contributed by atoms with Crippen LogP contribution < -0.4 is 4.74 Å². The number of aliphatic carboxylic acids is 1. The summed E-state index contributed by atoms with van der Waals surface area (Å²) < 4.78 is 6.14. The van der Waals surface area contributed by atoms with Crippen molar-refractivity contribution < 1.29 is 14.6 Å². The molecule has 0 aliphatic carbocycles. The molecule has 0 aliphatic heterocycles. The van der Waals surface area contributed by atoms with Crippen LogP contribution in [0.1, 0.15) is 0 Å². The predicted molar refractivity (Wildman–Crippen MR) is 74.4 cm³/mol. The summed E-state index contributed by atoms with van der Waals surface area (Å²) in [6, 6.07) is 5.52. The molecule has 0 saturated heterocycles. The van der Waals surface area contributed by atoms with Crippen molar-refractivity contribution in [1.29, 1.82) is 0 Å². The highest BCUT2D eigenvalue weighted by Crippen LogP contribution is 2.31. The van der Waals surface area contributed by atoms with E-state index in [1.165, 1.54) is 0 Å². The molecule has 0 atom stereocenters. The van der Waals surface area contributed by atoms with Crippen molar-refractivity contribution >= 4 is 33.7 Å². The highest BCUT2D eigenvalue weighted by molar-refractivity contribution is 9.10. The first kappa shape index (κ1) is 13.9. The molecule has 0 aliphatic rings. The quantitative estimate of drug-likeness (QED) is 0.810. The van der Waals surface area contributed by atoms with Gasteiger partial charge in [0, 0.05) is 4.47 Å². The van der Waals surface area contributed by atoms with Crippen molar-refractivity contribution in [2.45, 2.75) is 5.16 Å². The van der Waals surface area contributed by atoms with E-state index in [1.807, 2.05) is 18.2 Å². The number of H-pyrrole nitrogens is 1. The molecule has 1 heterocycles. The van der Waals surface area contributed by atoms with Crippen LogP contribution in [0, 0.1) is 0 Å². The summed E-state index contributed by atoms with van der Waals surface area (Å²) in [5.74, 6) is 0.229. The molecule has 0 radical (unpaired) electrons. The topological polar surface area (TPSA) is 88.1 Å².